The van der Waals surface area contributed by atoms with Gasteiger partial charge in [-0.25, -0.2) is 9.59 Å². The van der Waals surface area contributed by atoms with Gasteiger partial charge in [-0.3, -0.25) is 0 Å². The van der Waals surface area contributed by atoms with Crippen LogP contribution < -0.4 is 0 Å². The van der Waals surface area contributed by atoms with Gasteiger partial charge in [0.2, 0.25) is 0 Å². The van der Waals surface area contributed by atoms with Crippen molar-refractivity contribution in [1.82, 2.24) is 4.90 Å². The maximum absolute atomic E-state index is 12.0. The molecule has 0 aliphatic carbocycles. The molecule has 5 heteroatoms. The second-order valence-electron chi connectivity index (χ2n) is 7.30. The molecule has 0 bridgehead atoms. The molecule has 0 aromatic heterocycles. The van der Waals surface area contributed by atoms with Crippen LogP contribution in [0.5, 0.6) is 0 Å². The summed E-state index contributed by atoms with van der Waals surface area (Å²) >= 11 is 0. The van der Waals surface area contributed by atoms with Crippen molar-refractivity contribution in [3.8, 4) is 11.8 Å². The number of piperidine rings is 1. The molecule has 2 rings (SSSR count). The normalized spacial score (nSPS) is 15.2. The minimum Gasteiger partial charge on any atom is -0.478 e. The molecule has 25 heavy (non-hydrogen) atoms. The van der Waals surface area contributed by atoms with Gasteiger partial charge < -0.3 is 14.7 Å². The molecule has 0 atom stereocenters. The van der Waals surface area contributed by atoms with Crippen molar-refractivity contribution >= 4 is 12.1 Å². The molecule has 1 heterocycles. The second-order valence-corrected chi connectivity index (χ2v) is 7.30. The zero-order valence-corrected chi connectivity index (χ0v) is 15.0. The Balaban J connectivity index is 1.79. The lowest BCUT2D eigenvalue weighted by atomic mass is 9.94. The summed E-state index contributed by atoms with van der Waals surface area (Å²) in [6, 6.07) is 6.57. The number of benzene rings is 1. The first-order valence-electron chi connectivity index (χ1n) is 8.55. The van der Waals surface area contributed by atoms with E-state index in [1.165, 1.54) is 0 Å². The number of amides is 1. The smallest absolute Gasteiger partial charge is 0.410 e. The molecule has 0 spiro atoms. The Hall–Kier alpha value is -2.48. The SMILES string of the molecule is CC(C)(C)OC(=O)N1CCC(CC#Cc2ccc(C(=O)O)cc2)CC1. The molecule has 1 aliphatic rings. The monoisotopic (exact) mass is 343 g/mol. The zero-order valence-electron chi connectivity index (χ0n) is 15.0. The summed E-state index contributed by atoms with van der Waals surface area (Å²) in [5, 5.41) is 8.87. The van der Waals surface area contributed by atoms with Crippen LogP contribution in [-0.2, 0) is 4.74 Å². The second kappa shape index (κ2) is 8.06. The number of carbonyl (C=O) groups excluding carboxylic acids is 1. The summed E-state index contributed by atoms with van der Waals surface area (Å²) in [7, 11) is 0. The lowest BCUT2D eigenvalue weighted by Crippen LogP contribution is -2.41. The third-order valence-electron chi connectivity index (χ3n) is 4.02. The molecule has 1 aromatic rings. The number of ether oxygens (including phenoxy) is 1. The fourth-order valence-electron chi connectivity index (χ4n) is 2.64. The van der Waals surface area contributed by atoms with Gasteiger partial charge >= 0.3 is 12.1 Å². The van der Waals surface area contributed by atoms with Gasteiger partial charge in [-0.05, 0) is 63.8 Å². The maximum atomic E-state index is 12.0. The first-order chi connectivity index (χ1) is 11.7. The summed E-state index contributed by atoms with van der Waals surface area (Å²) in [6.07, 6.45) is 2.39. The lowest BCUT2D eigenvalue weighted by molar-refractivity contribution is 0.0185. The van der Waals surface area contributed by atoms with Gasteiger partial charge in [-0.2, -0.15) is 0 Å². The molecule has 0 radical (unpaired) electrons. The van der Waals surface area contributed by atoms with Gasteiger partial charge in [0, 0.05) is 25.1 Å². The topological polar surface area (TPSA) is 66.8 Å². The summed E-state index contributed by atoms with van der Waals surface area (Å²) in [5.74, 6) is 5.79. The Kier molecular flexibility index (Phi) is 6.08. The van der Waals surface area contributed by atoms with Gasteiger partial charge in [-0.1, -0.05) is 11.8 Å². The van der Waals surface area contributed by atoms with Gasteiger partial charge in [0.05, 0.1) is 5.56 Å². The predicted octanol–water partition coefficient (Wildman–Crippen LogP) is 3.77. The van der Waals surface area contributed by atoms with Crippen LogP contribution in [0.25, 0.3) is 0 Å². The summed E-state index contributed by atoms with van der Waals surface area (Å²) in [6.45, 7) is 7.02. The number of nitrogens with zero attached hydrogens (tertiary/aromatic N) is 1. The van der Waals surface area contributed by atoms with Gasteiger partial charge in [0.15, 0.2) is 0 Å². The van der Waals surface area contributed by atoms with Crippen molar-refractivity contribution in [3.63, 3.8) is 0 Å². The van der Waals surface area contributed by atoms with E-state index < -0.39 is 11.6 Å². The van der Waals surface area contributed by atoms with E-state index in [9.17, 15) is 9.59 Å². The maximum Gasteiger partial charge on any atom is 0.410 e. The number of aromatic carboxylic acids is 1. The van der Waals surface area contributed by atoms with E-state index in [0.717, 1.165) is 24.8 Å². The number of hydrogen-bond donors (Lipinski definition) is 1. The largest absolute Gasteiger partial charge is 0.478 e. The number of carboxylic acid groups (broad SMARTS) is 1. The van der Waals surface area contributed by atoms with E-state index in [2.05, 4.69) is 11.8 Å². The highest BCUT2D eigenvalue weighted by Crippen LogP contribution is 2.21. The van der Waals surface area contributed by atoms with E-state index in [1.807, 2.05) is 20.8 Å². The Labute approximate surface area is 149 Å². The van der Waals surface area contributed by atoms with Crippen molar-refractivity contribution in [2.24, 2.45) is 5.92 Å². The third-order valence-corrected chi connectivity index (χ3v) is 4.02. The molecular weight excluding hydrogens is 318 g/mol. The first-order valence-corrected chi connectivity index (χ1v) is 8.55. The van der Waals surface area contributed by atoms with Crippen LogP contribution in [0, 0.1) is 17.8 Å². The molecule has 5 nitrogen and oxygen atoms in total. The number of rotatable bonds is 2. The molecule has 1 aliphatic heterocycles. The average molecular weight is 343 g/mol. The lowest BCUT2D eigenvalue weighted by Gasteiger charge is -2.32. The molecular formula is C20H25NO4. The Morgan fingerprint density at radius 1 is 1.20 bits per heavy atom. The first kappa shape index (κ1) is 18.9. The molecule has 1 saturated heterocycles. The van der Waals surface area contributed by atoms with E-state index in [0.29, 0.717) is 19.0 Å². The number of carbonyl (C=O) groups is 2. The molecule has 1 aromatic carbocycles. The van der Waals surface area contributed by atoms with E-state index in [4.69, 9.17) is 9.84 Å². The van der Waals surface area contributed by atoms with Gasteiger partial charge in [-0.15, -0.1) is 0 Å². The molecule has 0 saturated carbocycles. The molecule has 1 amide bonds. The van der Waals surface area contributed by atoms with Gasteiger partial charge in [0.25, 0.3) is 0 Å². The van der Waals surface area contributed by atoms with E-state index >= 15 is 0 Å². The zero-order chi connectivity index (χ0) is 18.4. The van der Waals surface area contributed by atoms with E-state index in [1.54, 1.807) is 29.2 Å². The van der Waals surface area contributed by atoms with Crippen LogP contribution in [0.15, 0.2) is 24.3 Å². The number of likely N-dealkylation sites (tertiary alicyclic amines) is 1. The minimum absolute atomic E-state index is 0.240. The summed E-state index contributed by atoms with van der Waals surface area (Å²) in [4.78, 5) is 24.6. The van der Waals surface area contributed by atoms with Crippen molar-refractivity contribution in [3.05, 3.63) is 35.4 Å². The third kappa shape index (κ3) is 6.15. The highest BCUT2D eigenvalue weighted by Gasteiger charge is 2.26. The minimum atomic E-state index is -0.934. The number of hydrogen-bond acceptors (Lipinski definition) is 3. The fraction of sp³-hybridized carbons (Fsp3) is 0.500. The summed E-state index contributed by atoms with van der Waals surface area (Å²) in [5.41, 5.74) is 0.617. The quantitative estimate of drug-likeness (QED) is 0.830. The highest BCUT2D eigenvalue weighted by atomic mass is 16.6. The Bertz CT molecular complexity index is 668. The van der Waals surface area contributed by atoms with Crippen molar-refractivity contribution in [2.45, 2.75) is 45.6 Å². The molecule has 1 fully saturated rings. The predicted molar refractivity (Wildman–Crippen MR) is 95.4 cm³/mol. The van der Waals surface area contributed by atoms with Crippen molar-refractivity contribution < 1.29 is 19.4 Å². The summed E-state index contributed by atoms with van der Waals surface area (Å²) < 4.78 is 5.40. The van der Waals surface area contributed by atoms with Crippen molar-refractivity contribution in [1.29, 1.82) is 0 Å². The van der Waals surface area contributed by atoms with Crippen LogP contribution >= 0.6 is 0 Å². The van der Waals surface area contributed by atoms with Crippen LogP contribution in [0.3, 0.4) is 0 Å². The molecule has 1 N–H and O–H groups in total. The van der Waals surface area contributed by atoms with Crippen molar-refractivity contribution in [2.75, 3.05) is 13.1 Å². The van der Waals surface area contributed by atoms with Crippen LogP contribution in [0.1, 0.15) is 56.0 Å². The van der Waals surface area contributed by atoms with Crippen LogP contribution in [0.4, 0.5) is 4.79 Å². The number of carboxylic acids is 1. The molecule has 0 unspecified atom stereocenters. The standard InChI is InChI=1S/C20H25NO4/c1-20(2,3)25-19(24)21-13-11-16(12-14-21)6-4-5-15-7-9-17(10-8-15)18(22)23/h7-10,16H,6,11-14H2,1-3H3,(H,22,23). The Morgan fingerprint density at radius 3 is 2.32 bits per heavy atom. The fourth-order valence-corrected chi connectivity index (χ4v) is 2.64. The molecule has 134 valence electrons. The van der Waals surface area contributed by atoms with Crippen LogP contribution in [-0.4, -0.2) is 40.8 Å². The van der Waals surface area contributed by atoms with Gasteiger partial charge in [0.1, 0.15) is 5.60 Å². The average Bonchev–Trinajstić information content (AvgIpc) is 2.54. The van der Waals surface area contributed by atoms with E-state index in [-0.39, 0.29) is 11.7 Å². The Morgan fingerprint density at radius 2 is 1.80 bits per heavy atom. The highest BCUT2D eigenvalue weighted by molar-refractivity contribution is 5.87. The van der Waals surface area contributed by atoms with Crippen LogP contribution in [0.2, 0.25) is 0 Å².